The van der Waals surface area contributed by atoms with Crippen molar-refractivity contribution in [3.63, 3.8) is 0 Å². The maximum Gasteiger partial charge on any atom is 0.302 e. The van der Waals surface area contributed by atoms with E-state index in [-0.39, 0.29) is 35.4 Å². The summed E-state index contributed by atoms with van der Waals surface area (Å²) >= 11 is 0. The van der Waals surface area contributed by atoms with Crippen molar-refractivity contribution in [2.45, 2.75) is 63.8 Å². The summed E-state index contributed by atoms with van der Waals surface area (Å²) in [5, 5.41) is 30.4. The lowest BCUT2D eigenvalue weighted by molar-refractivity contribution is -0.160. The van der Waals surface area contributed by atoms with Crippen molar-refractivity contribution in [2.75, 3.05) is 13.7 Å². The lowest BCUT2D eigenvalue weighted by Crippen LogP contribution is -2.34. The van der Waals surface area contributed by atoms with E-state index in [4.69, 9.17) is 18.9 Å². The maximum absolute atomic E-state index is 11.7. The SMILES string of the molecule is COc1cc(CC[C@H]2C[C@@H](OC(C)=O)C[C@@H](c3cc(O)c(O)c4c3CCCO4)O2)ccc1O. The second-order valence-electron chi connectivity index (χ2n) is 8.59. The lowest BCUT2D eigenvalue weighted by atomic mass is 9.88. The number of phenolic OH excluding ortho intramolecular Hbond substituents is 3. The van der Waals surface area contributed by atoms with Crippen molar-refractivity contribution in [1.29, 1.82) is 0 Å². The summed E-state index contributed by atoms with van der Waals surface area (Å²) in [5.41, 5.74) is 2.58. The van der Waals surface area contributed by atoms with E-state index < -0.39 is 6.10 Å². The number of benzene rings is 2. The van der Waals surface area contributed by atoms with Gasteiger partial charge in [-0.05, 0) is 55.0 Å². The van der Waals surface area contributed by atoms with Crippen LogP contribution in [0.5, 0.6) is 28.7 Å². The first kappa shape index (κ1) is 23.0. The third-order valence-electron chi connectivity index (χ3n) is 6.23. The number of aryl methyl sites for hydroxylation is 1. The molecule has 33 heavy (non-hydrogen) atoms. The van der Waals surface area contributed by atoms with Crippen molar-refractivity contribution in [1.82, 2.24) is 0 Å². The van der Waals surface area contributed by atoms with E-state index in [1.54, 1.807) is 12.1 Å². The zero-order valence-corrected chi connectivity index (χ0v) is 18.9. The van der Waals surface area contributed by atoms with Gasteiger partial charge in [0.05, 0.1) is 25.9 Å². The van der Waals surface area contributed by atoms with Gasteiger partial charge >= 0.3 is 5.97 Å². The van der Waals surface area contributed by atoms with Crippen molar-refractivity contribution >= 4 is 5.97 Å². The van der Waals surface area contributed by atoms with Crippen LogP contribution in [0.4, 0.5) is 0 Å². The third kappa shape index (κ3) is 5.11. The van der Waals surface area contributed by atoms with Gasteiger partial charge in [0.25, 0.3) is 0 Å². The van der Waals surface area contributed by atoms with Crippen molar-refractivity contribution in [3.05, 3.63) is 41.0 Å². The normalized spacial score (nSPS) is 22.2. The van der Waals surface area contributed by atoms with Crippen molar-refractivity contribution < 1.29 is 39.1 Å². The van der Waals surface area contributed by atoms with Gasteiger partial charge in [-0.3, -0.25) is 4.79 Å². The van der Waals surface area contributed by atoms with Gasteiger partial charge in [-0.1, -0.05) is 6.07 Å². The molecule has 1 fully saturated rings. The summed E-state index contributed by atoms with van der Waals surface area (Å²) in [4.78, 5) is 11.7. The predicted octanol–water partition coefficient (Wildman–Crippen LogP) is 3.92. The Kier molecular flexibility index (Phi) is 6.83. The molecule has 1 saturated heterocycles. The van der Waals surface area contributed by atoms with Crippen molar-refractivity contribution in [2.24, 2.45) is 0 Å². The number of hydrogen-bond acceptors (Lipinski definition) is 8. The summed E-state index contributed by atoms with van der Waals surface area (Å²) in [5.74, 6) is -0.0396. The van der Waals surface area contributed by atoms with Gasteiger partial charge in [0, 0.05) is 25.3 Å². The quantitative estimate of drug-likeness (QED) is 0.441. The third-order valence-corrected chi connectivity index (χ3v) is 6.23. The molecule has 0 aromatic heterocycles. The number of hydrogen-bond donors (Lipinski definition) is 3. The Morgan fingerprint density at radius 3 is 2.73 bits per heavy atom. The standard InChI is InChI=1S/C25H30O8/c1-14(26)32-17-11-16(7-5-15-6-8-20(27)23(10-15)30-2)33-22(12-17)19-13-21(28)24(29)25-18(19)4-3-9-31-25/h6,8,10,13,16-17,22,27-29H,3-5,7,9,11-12H2,1-2H3/t16-,17+,22-/m0/s1. The fourth-order valence-corrected chi connectivity index (χ4v) is 4.71. The number of carbonyl (C=O) groups excluding carboxylic acids is 1. The number of aromatic hydroxyl groups is 3. The van der Waals surface area contributed by atoms with E-state index in [1.807, 2.05) is 6.07 Å². The molecule has 2 aromatic carbocycles. The first-order chi connectivity index (χ1) is 15.9. The molecule has 2 aliphatic heterocycles. The number of rotatable bonds is 6. The van der Waals surface area contributed by atoms with Gasteiger partial charge in [0.1, 0.15) is 6.10 Å². The maximum atomic E-state index is 11.7. The van der Waals surface area contributed by atoms with Gasteiger partial charge in [0.2, 0.25) is 5.75 Å². The summed E-state index contributed by atoms with van der Waals surface area (Å²) < 4.78 is 22.8. The molecule has 2 aliphatic rings. The molecule has 0 aliphatic carbocycles. The number of esters is 1. The van der Waals surface area contributed by atoms with Crippen LogP contribution in [-0.4, -0.2) is 47.2 Å². The Morgan fingerprint density at radius 2 is 1.97 bits per heavy atom. The minimum Gasteiger partial charge on any atom is -0.504 e. The Hall–Kier alpha value is -3.13. The Bertz CT molecular complexity index is 1020. The number of carbonyl (C=O) groups is 1. The van der Waals surface area contributed by atoms with Crippen LogP contribution in [0.15, 0.2) is 24.3 Å². The van der Waals surface area contributed by atoms with Crippen LogP contribution in [-0.2, 0) is 27.1 Å². The van der Waals surface area contributed by atoms with E-state index in [1.165, 1.54) is 20.1 Å². The fourth-order valence-electron chi connectivity index (χ4n) is 4.71. The molecule has 0 saturated carbocycles. The molecule has 3 atom stereocenters. The van der Waals surface area contributed by atoms with Gasteiger partial charge in [-0.25, -0.2) is 0 Å². The molecule has 8 nitrogen and oxygen atoms in total. The second-order valence-corrected chi connectivity index (χ2v) is 8.59. The molecule has 0 radical (unpaired) electrons. The van der Waals surface area contributed by atoms with E-state index in [9.17, 15) is 20.1 Å². The second kappa shape index (κ2) is 9.79. The molecule has 0 amide bonds. The van der Waals surface area contributed by atoms with Crippen LogP contribution >= 0.6 is 0 Å². The van der Waals surface area contributed by atoms with E-state index in [2.05, 4.69) is 0 Å². The summed E-state index contributed by atoms with van der Waals surface area (Å²) in [6, 6.07) is 6.77. The molecule has 2 heterocycles. The van der Waals surface area contributed by atoms with Gasteiger partial charge in [0.15, 0.2) is 23.0 Å². The topological polar surface area (TPSA) is 115 Å². The molecular weight excluding hydrogens is 428 g/mol. The van der Waals surface area contributed by atoms with Crippen LogP contribution in [0, 0.1) is 0 Å². The molecule has 8 heteroatoms. The molecule has 2 aromatic rings. The van der Waals surface area contributed by atoms with Crippen LogP contribution in [0.3, 0.4) is 0 Å². The number of phenols is 3. The molecule has 3 N–H and O–H groups in total. The minimum atomic E-state index is -0.413. The van der Waals surface area contributed by atoms with Crippen molar-refractivity contribution in [3.8, 4) is 28.7 Å². The first-order valence-corrected chi connectivity index (χ1v) is 11.2. The van der Waals surface area contributed by atoms with Gasteiger partial charge in [-0.15, -0.1) is 0 Å². The van der Waals surface area contributed by atoms with Crippen LogP contribution in [0.25, 0.3) is 0 Å². The Labute approximate surface area is 192 Å². The molecule has 178 valence electrons. The molecule has 0 unspecified atom stereocenters. The molecule has 0 spiro atoms. The minimum absolute atomic E-state index is 0.0873. The molecule has 4 rings (SSSR count). The van der Waals surface area contributed by atoms with Crippen LogP contribution in [0.1, 0.15) is 55.4 Å². The van der Waals surface area contributed by atoms with E-state index >= 15 is 0 Å². The highest BCUT2D eigenvalue weighted by Gasteiger charge is 2.35. The highest BCUT2D eigenvalue weighted by molar-refractivity contribution is 5.66. The summed E-state index contributed by atoms with van der Waals surface area (Å²) in [6.07, 6.45) is 2.96. The van der Waals surface area contributed by atoms with Crippen LogP contribution in [0.2, 0.25) is 0 Å². The number of fused-ring (bicyclic) bond motifs is 1. The fraction of sp³-hybridized carbons (Fsp3) is 0.480. The highest BCUT2D eigenvalue weighted by atomic mass is 16.6. The average Bonchev–Trinajstić information content (AvgIpc) is 2.80. The monoisotopic (exact) mass is 458 g/mol. The van der Waals surface area contributed by atoms with Crippen LogP contribution < -0.4 is 9.47 Å². The zero-order valence-electron chi connectivity index (χ0n) is 18.9. The number of methoxy groups -OCH3 is 1. The average molecular weight is 459 g/mol. The van der Waals surface area contributed by atoms with Gasteiger partial charge in [-0.2, -0.15) is 0 Å². The largest absolute Gasteiger partial charge is 0.504 e. The molecule has 0 bridgehead atoms. The van der Waals surface area contributed by atoms with E-state index in [0.29, 0.717) is 50.2 Å². The predicted molar refractivity (Wildman–Crippen MR) is 119 cm³/mol. The Morgan fingerprint density at radius 1 is 1.15 bits per heavy atom. The smallest absolute Gasteiger partial charge is 0.302 e. The summed E-state index contributed by atoms with van der Waals surface area (Å²) in [6.45, 7) is 1.87. The molecular formula is C25H30O8. The Balaban J connectivity index is 1.56. The summed E-state index contributed by atoms with van der Waals surface area (Å²) in [7, 11) is 1.51. The lowest BCUT2D eigenvalue weighted by Gasteiger charge is -2.37. The van der Waals surface area contributed by atoms with E-state index in [0.717, 1.165) is 23.1 Å². The highest BCUT2D eigenvalue weighted by Crippen LogP contribution is 2.47. The first-order valence-electron chi connectivity index (χ1n) is 11.2. The number of ether oxygens (including phenoxy) is 4. The van der Waals surface area contributed by atoms with Gasteiger partial charge < -0.3 is 34.3 Å². The zero-order chi connectivity index (χ0) is 23.5.